The van der Waals surface area contributed by atoms with Crippen molar-refractivity contribution in [1.82, 2.24) is 24.4 Å². The lowest BCUT2D eigenvalue weighted by Crippen LogP contribution is -2.19. The summed E-state index contributed by atoms with van der Waals surface area (Å²) in [6.45, 7) is 0.686. The number of imidazole rings is 1. The molecule has 1 aromatic carbocycles. The average molecular weight is 354 g/mol. The van der Waals surface area contributed by atoms with Crippen molar-refractivity contribution in [2.75, 3.05) is 13.6 Å². The number of rotatable bonds is 3. The molecular formula is C18H16ClN5O. The molecule has 1 aliphatic heterocycles. The molecule has 7 heteroatoms. The van der Waals surface area contributed by atoms with Crippen molar-refractivity contribution in [3.63, 3.8) is 0 Å². The highest BCUT2D eigenvalue weighted by Gasteiger charge is 2.29. The quantitative estimate of drug-likeness (QED) is 0.726. The SMILES string of the molecule is CN1CC(n2ccnc2-c2cnc(-c3ccc(Cl)cc3)nc2)CC1=O. The average Bonchev–Trinajstić information content (AvgIpc) is 3.23. The lowest BCUT2D eigenvalue weighted by molar-refractivity contribution is -0.126. The Balaban J connectivity index is 1.62. The lowest BCUT2D eigenvalue weighted by atomic mass is 10.2. The van der Waals surface area contributed by atoms with Gasteiger partial charge >= 0.3 is 0 Å². The van der Waals surface area contributed by atoms with Crippen molar-refractivity contribution < 1.29 is 4.79 Å². The van der Waals surface area contributed by atoms with Crippen LogP contribution >= 0.6 is 11.6 Å². The Morgan fingerprint density at radius 3 is 2.44 bits per heavy atom. The van der Waals surface area contributed by atoms with E-state index in [2.05, 4.69) is 15.0 Å². The van der Waals surface area contributed by atoms with Crippen molar-refractivity contribution in [2.45, 2.75) is 12.5 Å². The molecule has 3 heterocycles. The van der Waals surface area contributed by atoms with Crippen molar-refractivity contribution in [3.8, 4) is 22.8 Å². The van der Waals surface area contributed by atoms with E-state index in [1.165, 1.54) is 0 Å². The van der Waals surface area contributed by atoms with Gasteiger partial charge < -0.3 is 9.47 Å². The van der Waals surface area contributed by atoms with Gasteiger partial charge in [0.1, 0.15) is 5.82 Å². The zero-order valence-corrected chi connectivity index (χ0v) is 14.4. The van der Waals surface area contributed by atoms with E-state index in [-0.39, 0.29) is 11.9 Å². The fourth-order valence-corrected chi connectivity index (χ4v) is 3.18. The molecule has 0 saturated carbocycles. The van der Waals surface area contributed by atoms with E-state index >= 15 is 0 Å². The number of halogens is 1. The summed E-state index contributed by atoms with van der Waals surface area (Å²) >= 11 is 5.91. The van der Waals surface area contributed by atoms with Crippen LogP contribution in [0, 0.1) is 0 Å². The van der Waals surface area contributed by atoms with Gasteiger partial charge in [-0.1, -0.05) is 11.6 Å². The highest BCUT2D eigenvalue weighted by Crippen LogP contribution is 2.27. The Morgan fingerprint density at radius 2 is 1.80 bits per heavy atom. The van der Waals surface area contributed by atoms with Gasteiger partial charge in [0.05, 0.1) is 11.6 Å². The minimum Gasteiger partial charge on any atom is -0.344 e. The van der Waals surface area contributed by atoms with E-state index in [0.717, 1.165) is 17.0 Å². The van der Waals surface area contributed by atoms with Crippen LogP contribution in [0.25, 0.3) is 22.8 Å². The van der Waals surface area contributed by atoms with Crippen molar-refractivity contribution in [2.24, 2.45) is 0 Å². The first-order chi connectivity index (χ1) is 12.1. The normalized spacial score (nSPS) is 17.3. The summed E-state index contributed by atoms with van der Waals surface area (Å²) in [4.78, 5) is 26.9. The van der Waals surface area contributed by atoms with Crippen LogP contribution in [0.2, 0.25) is 5.02 Å². The molecule has 25 heavy (non-hydrogen) atoms. The van der Waals surface area contributed by atoms with Crippen molar-refractivity contribution >= 4 is 17.5 Å². The van der Waals surface area contributed by atoms with Crippen molar-refractivity contribution in [3.05, 3.63) is 54.1 Å². The minimum absolute atomic E-state index is 0.0888. The molecule has 1 aliphatic rings. The predicted molar refractivity (Wildman–Crippen MR) is 95.0 cm³/mol. The number of hydrogen-bond acceptors (Lipinski definition) is 4. The third-order valence-electron chi connectivity index (χ3n) is 4.40. The van der Waals surface area contributed by atoms with Crippen LogP contribution in [0.15, 0.2) is 49.1 Å². The molecular weight excluding hydrogens is 338 g/mol. The molecule has 3 aromatic rings. The summed E-state index contributed by atoms with van der Waals surface area (Å²) < 4.78 is 2.03. The van der Waals surface area contributed by atoms with Crippen LogP contribution in [0.5, 0.6) is 0 Å². The number of likely N-dealkylation sites (tertiary alicyclic amines) is 1. The van der Waals surface area contributed by atoms with Crippen LogP contribution in [0.1, 0.15) is 12.5 Å². The molecule has 126 valence electrons. The number of carbonyl (C=O) groups excluding carboxylic acids is 1. The zero-order chi connectivity index (χ0) is 17.4. The molecule has 1 fully saturated rings. The van der Waals surface area contributed by atoms with E-state index < -0.39 is 0 Å². The fourth-order valence-electron chi connectivity index (χ4n) is 3.05. The summed E-state index contributed by atoms with van der Waals surface area (Å²) in [7, 11) is 1.82. The molecule has 4 rings (SSSR count). The second kappa shape index (κ2) is 6.29. The Morgan fingerprint density at radius 1 is 1.08 bits per heavy atom. The molecule has 0 N–H and O–H groups in total. The number of nitrogens with zero attached hydrogens (tertiary/aromatic N) is 5. The van der Waals surface area contributed by atoms with Gasteiger partial charge in [-0.15, -0.1) is 0 Å². The number of hydrogen-bond donors (Lipinski definition) is 0. The van der Waals surface area contributed by atoms with Gasteiger partial charge in [-0.25, -0.2) is 15.0 Å². The number of carbonyl (C=O) groups is 1. The highest BCUT2D eigenvalue weighted by molar-refractivity contribution is 6.30. The summed E-state index contributed by atoms with van der Waals surface area (Å²) in [5.74, 6) is 1.56. The van der Waals surface area contributed by atoms with Gasteiger partial charge in [-0.05, 0) is 24.3 Å². The van der Waals surface area contributed by atoms with Crippen molar-refractivity contribution in [1.29, 1.82) is 0 Å². The maximum Gasteiger partial charge on any atom is 0.224 e. The molecule has 0 radical (unpaired) electrons. The Kier molecular flexibility index (Phi) is 3.97. The molecule has 1 atom stereocenters. The maximum atomic E-state index is 11.8. The first-order valence-corrected chi connectivity index (χ1v) is 8.35. The van der Waals surface area contributed by atoms with Crippen LogP contribution < -0.4 is 0 Å². The van der Waals surface area contributed by atoms with E-state index in [4.69, 9.17) is 11.6 Å². The Hall–Kier alpha value is -2.73. The second-order valence-corrected chi connectivity index (χ2v) is 6.53. The number of benzene rings is 1. The topological polar surface area (TPSA) is 63.9 Å². The van der Waals surface area contributed by atoms with E-state index in [9.17, 15) is 4.79 Å². The van der Waals surface area contributed by atoms with Crippen LogP contribution in [-0.2, 0) is 4.79 Å². The lowest BCUT2D eigenvalue weighted by Gasteiger charge is -2.14. The third kappa shape index (κ3) is 3.00. The molecule has 1 unspecified atom stereocenters. The van der Waals surface area contributed by atoms with Gasteiger partial charge in [0, 0.05) is 55.4 Å². The van der Waals surface area contributed by atoms with Crippen LogP contribution in [0.3, 0.4) is 0 Å². The Labute approximate surface area is 150 Å². The number of aromatic nitrogens is 4. The van der Waals surface area contributed by atoms with Gasteiger partial charge in [0.15, 0.2) is 5.82 Å². The largest absolute Gasteiger partial charge is 0.344 e. The third-order valence-corrected chi connectivity index (χ3v) is 4.65. The van der Waals surface area contributed by atoms with E-state index in [1.54, 1.807) is 23.5 Å². The Bertz CT molecular complexity index is 904. The van der Waals surface area contributed by atoms with Crippen LogP contribution in [0.4, 0.5) is 0 Å². The van der Waals surface area contributed by atoms with Crippen LogP contribution in [-0.4, -0.2) is 43.9 Å². The molecule has 1 saturated heterocycles. The summed E-state index contributed by atoms with van der Waals surface area (Å²) in [5.41, 5.74) is 1.73. The molecule has 0 aliphatic carbocycles. The monoisotopic (exact) mass is 353 g/mol. The first-order valence-electron chi connectivity index (χ1n) is 7.97. The van der Waals surface area contributed by atoms with E-state index in [1.807, 2.05) is 42.1 Å². The zero-order valence-electron chi connectivity index (χ0n) is 13.6. The molecule has 2 aromatic heterocycles. The summed E-state index contributed by atoms with van der Waals surface area (Å²) in [6, 6.07) is 7.49. The standard InChI is InChI=1S/C18H16ClN5O/c1-23-11-15(8-16(23)25)24-7-6-20-18(24)13-9-21-17(22-10-13)12-2-4-14(19)5-3-12/h2-7,9-10,15H,8,11H2,1H3. The highest BCUT2D eigenvalue weighted by atomic mass is 35.5. The fraction of sp³-hybridized carbons (Fsp3) is 0.222. The van der Waals surface area contributed by atoms with Gasteiger partial charge in [0.25, 0.3) is 0 Å². The molecule has 6 nitrogen and oxygen atoms in total. The van der Waals surface area contributed by atoms with Gasteiger partial charge in [0.2, 0.25) is 5.91 Å². The minimum atomic E-state index is 0.0888. The predicted octanol–water partition coefficient (Wildman–Crippen LogP) is 3.06. The number of likely N-dealkylation sites (N-methyl/N-ethyl adjacent to an activating group) is 1. The smallest absolute Gasteiger partial charge is 0.224 e. The summed E-state index contributed by atoms with van der Waals surface area (Å²) in [5, 5.41) is 0.679. The molecule has 1 amide bonds. The van der Waals surface area contributed by atoms with Gasteiger partial charge in [-0.3, -0.25) is 4.79 Å². The maximum absolute atomic E-state index is 11.8. The second-order valence-electron chi connectivity index (χ2n) is 6.09. The number of amides is 1. The summed E-state index contributed by atoms with van der Waals surface area (Å²) in [6.07, 6.45) is 7.65. The molecule has 0 bridgehead atoms. The first kappa shape index (κ1) is 15.8. The molecule has 0 spiro atoms. The van der Waals surface area contributed by atoms with Gasteiger partial charge in [-0.2, -0.15) is 0 Å². The van der Waals surface area contributed by atoms with E-state index in [0.29, 0.717) is 23.8 Å².